The highest BCUT2D eigenvalue weighted by Gasteiger charge is 2.22. The molecule has 6 nitrogen and oxygen atoms in total. The SMILES string of the molecule is COC(=O)c1ccc(-c2cn(C(=O)c3c(C)cccc3Cl)c3cc(C(=O)O)ccc23)c(F)c1. The van der Waals surface area contributed by atoms with Crippen molar-refractivity contribution in [1.82, 2.24) is 4.57 Å². The third kappa shape index (κ3) is 3.87. The van der Waals surface area contributed by atoms with Crippen LogP contribution in [-0.2, 0) is 4.74 Å². The van der Waals surface area contributed by atoms with E-state index in [-0.39, 0.29) is 32.8 Å². The van der Waals surface area contributed by atoms with Crippen molar-refractivity contribution >= 4 is 40.3 Å². The third-order valence-corrected chi connectivity index (χ3v) is 5.70. The number of carboxylic acids is 1. The van der Waals surface area contributed by atoms with Gasteiger partial charge in [-0.3, -0.25) is 9.36 Å². The van der Waals surface area contributed by atoms with Gasteiger partial charge in [0.25, 0.3) is 5.91 Å². The fourth-order valence-electron chi connectivity index (χ4n) is 3.74. The standard InChI is InChI=1S/C25H17ClFNO5/c1-13-4-3-5-19(26)22(13)23(29)28-12-18(17-9-6-14(24(30)31)11-21(17)28)16-8-7-15(10-20(16)27)25(32)33-2/h3-12H,1-2H3,(H,30,31). The van der Waals surface area contributed by atoms with E-state index in [1.807, 2.05) is 0 Å². The lowest BCUT2D eigenvalue weighted by Gasteiger charge is -2.09. The van der Waals surface area contributed by atoms with E-state index in [2.05, 4.69) is 4.74 Å². The van der Waals surface area contributed by atoms with E-state index in [0.29, 0.717) is 16.5 Å². The first kappa shape index (κ1) is 22.2. The van der Waals surface area contributed by atoms with Crippen LogP contribution in [0.4, 0.5) is 4.39 Å². The summed E-state index contributed by atoms with van der Waals surface area (Å²) in [5.41, 5.74) is 1.68. The van der Waals surface area contributed by atoms with Crippen LogP contribution in [0, 0.1) is 12.7 Å². The van der Waals surface area contributed by atoms with Crippen molar-refractivity contribution in [3.63, 3.8) is 0 Å². The van der Waals surface area contributed by atoms with Gasteiger partial charge in [-0.05, 0) is 42.8 Å². The molecule has 0 saturated carbocycles. The van der Waals surface area contributed by atoms with Crippen LogP contribution in [-0.4, -0.2) is 34.6 Å². The number of carbonyl (C=O) groups is 3. The number of hydrogen-bond donors (Lipinski definition) is 1. The molecule has 3 aromatic carbocycles. The van der Waals surface area contributed by atoms with E-state index in [1.165, 1.54) is 48.2 Å². The zero-order valence-electron chi connectivity index (χ0n) is 17.6. The van der Waals surface area contributed by atoms with Gasteiger partial charge in [0.1, 0.15) is 5.82 Å². The lowest BCUT2D eigenvalue weighted by atomic mass is 10.0. The maximum absolute atomic E-state index is 15.0. The van der Waals surface area contributed by atoms with Gasteiger partial charge in [0.05, 0.1) is 34.3 Å². The summed E-state index contributed by atoms with van der Waals surface area (Å²) in [5, 5.41) is 10.1. The number of aryl methyl sites for hydroxylation is 1. The predicted octanol–water partition coefficient (Wildman–Crippen LogP) is 5.58. The quantitative estimate of drug-likeness (QED) is 0.397. The number of benzene rings is 3. The minimum Gasteiger partial charge on any atom is -0.478 e. The number of ether oxygens (including phenoxy) is 1. The molecule has 0 radical (unpaired) electrons. The molecule has 33 heavy (non-hydrogen) atoms. The van der Waals surface area contributed by atoms with Crippen LogP contribution in [0.3, 0.4) is 0 Å². The van der Waals surface area contributed by atoms with Crippen LogP contribution >= 0.6 is 11.6 Å². The van der Waals surface area contributed by atoms with Gasteiger partial charge in [-0.25, -0.2) is 14.0 Å². The number of methoxy groups -OCH3 is 1. The van der Waals surface area contributed by atoms with Crippen LogP contribution in [0.15, 0.2) is 60.8 Å². The Bertz CT molecular complexity index is 1440. The molecule has 0 saturated heterocycles. The highest BCUT2D eigenvalue weighted by molar-refractivity contribution is 6.34. The molecule has 4 rings (SSSR count). The molecule has 0 aliphatic rings. The molecule has 166 valence electrons. The molecule has 0 fully saturated rings. The molecule has 0 atom stereocenters. The summed E-state index contributed by atoms with van der Waals surface area (Å²) in [4.78, 5) is 36.8. The normalized spacial score (nSPS) is 10.9. The molecule has 0 amide bonds. The van der Waals surface area contributed by atoms with Crippen molar-refractivity contribution in [3.8, 4) is 11.1 Å². The first-order valence-corrected chi connectivity index (χ1v) is 10.2. The lowest BCUT2D eigenvalue weighted by molar-refractivity contribution is 0.0599. The number of aromatic carboxylic acids is 1. The Kier molecular flexibility index (Phi) is 5.74. The van der Waals surface area contributed by atoms with Crippen LogP contribution in [0.5, 0.6) is 0 Å². The molecule has 1 aromatic heterocycles. The van der Waals surface area contributed by atoms with Crippen molar-refractivity contribution < 1.29 is 28.6 Å². The monoisotopic (exact) mass is 465 g/mol. The lowest BCUT2D eigenvalue weighted by Crippen LogP contribution is -2.13. The Balaban J connectivity index is 1.97. The number of nitrogens with zero attached hydrogens (tertiary/aromatic N) is 1. The molecule has 0 bridgehead atoms. The van der Waals surface area contributed by atoms with Gasteiger partial charge in [-0.15, -0.1) is 0 Å². The molecule has 1 N–H and O–H groups in total. The van der Waals surface area contributed by atoms with Gasteiger partial charge in [0, 0.05) is 22.7 Å². The van der Waals surface area contributed by atoms with Gasteiger partial charge in [0.15, 0.2) is 0 Å². The van der Waals surface area contributed by atoms with Crippen molar-refractivity contribution in [2.24, 2.45) is 0 Å². The Hall–Kier alpha value is -3.97. The summed E-state index contributed by atoms with van der Waals surface area (Å²) in [6.07, 6.45) is 1.44. The summed E-state index contributed by atoms with van der Waals surface area (Å²) in [6, 6.07) is 13.2. The van der Waals surface area contributed by atoms with Crippen molar-refractivity contribution in [2.45, 2.75) is 6.92 Å². The Morgan fingerprint density at radius 1 is 1.00 bits per heavy atom. The molecule has 0 spiro atoms. The second-order valence-corrected chi connectivity index (χ2v) is 7.78. The molecule has 0 aliphatic heterocycles. The first-order chi connectivity index (χ1) is 15.7. The van der Waals surface area contributed by atoms with Gasteiger partial charge < -0.3 is 9.84 Å². The number of hydrogen-bond acceptors (Lipinski definition) is 4. The van der Waals surface area contributed by atoms with Gasteiger partial charge in [-0.1, -0.05) is 35.9 Å². The number of esters is 1. The highest BCUT2D eigenvalue weighted by atomic mass is 35.5. The summed E-state index contributed by atoms with van der Waals surface area (Å²) < 4.78 is 20.9. The minimum absolute atomic E-state index is 0.0291. The van der Waals surface area contributed by atoms with E-state index in [9.17, 15) is 19.5 Å². The zero-order chi connectivity index (χ0) is 23.9. The number of aromatic nitrogens is 1. The van der Waals surface area contributed by atoms with E-state index < -0.39 is 23.7 Å². The number of carbonyl (C=O) groups excluding carboxylic acids is 2. The molecular weight excluding hydrogens is 449 g/mol. The topological polar surface area (TPSA) is 85.6 Å². The van der Waals surface area contributed by atoms with E-state index >= 15 is 4.39 Å². The van der Waals surface area contributed by atoms with Crippen LogP contribution in [0.25, 0.3) is 22.0 Å². The second-order valence-electron chi connectivity index (χ2n) is 7.37. The fourth-order valence-corrected chi connectivity index (χ4v) is 4.05. The zero-order valence-corrected chi connectivity index (χ0v) is 18.3. The molecule has 4 aromatic rings. The number of rotatable bonds is 4. The molecule has 0 aliphatic carbocycles. The van der Waals surface area contributed by atoms with Crippen molar-refractivity contribution in [2.75, 3.05) is 7.11 Å². The molecular formula is C25H17ClFNO5. The van der Waals surface area contributed by atoms with E-state index in [0.717, 1.165) is 6.07 Å². The Morgan fingerprint density at radius 3 is 2.36 bits per heavy atom. The maximum atomic E-state index is 15.0. The van der Waals surface area contributed by atoms with Crippen LogP contribution in [0.1, 0.15) is 36.6 Å². The van der Waals surface area contributed by atoms with E-state index in [4.69, 9.17) is 11.6 Å². The minimum atomic E-state index is -1.17. The summed E-state index contributed by atoms with van der Waals surface area (Å²) >= 11 is 6.28. The maximum Gasteiger partial charge on any atom is 0.337 e. The molecule has 8 heteroatoms. The summed E-state index contributed by atoms with van der Waals surface area (Å²) in [7, 11) is 1.20. The number of halogens is 2. The summed E-state index contributed by atoms with van der Waals surface area (Å²) in [6.45, 7) is 1.74. The third-order valence-electron chi connectivity index (χ3n) is 5.39. The average molecular weight is 466 g/mol. The smallest absolute Gasteiger partial charge is 0.337 e. The Labute approximate surface area is 192 Å². The van der Waals surface area contributed by atoms with E-state index in [1.54, 1.807) is 25.1 Å². The van der Waals surface area contributed by atoms with Gasteiger partial charge in [-0.2, -0.15) is 0 Å². The largest absolute Gasteiger partial charge is 0.478 e. The van der Waals surface area contributed by atoms with Crippen LogP contribution < -0.4 is 0 Å². The molecule has 0 unspecified atom stereocenters. The predicted molar refractivity (Wildman–Crippen MR) is 122 cm³/mol. The second kappa shape index (κ2) is 8.52. The summed E-state index contributed by atoms with van der Waals surface area (Å²) in [5.74, 6) is -3.02. The van der Waals surface area contributed by atoms with Crippen LogP contribution in [0.2, 0.25) is 5.02 Å². The first-order valence-electron chi connectivity index (χ1n) is 9.79. The average Bonchev–Trinajstić information content (AvgIpc) is 3.16. The van der Waals surface area contributed by atoms with Crippen molar-refractivity contribution in [1.29, 1.82) is 0 Å². The van der Waals surface area contributed by atoms with Gasteiger partial charge >= 0.3 is 11.9 Å². The van der Waals surface area contributed by atoms with Gasteiger partial charge in [0.2, 0.25) is 0 Å². The fraction of sp³-hybridized carbons (Fsp3) is 0.0800. The Morgan fingerprint density at radius 2 is 1.73 bits per heavy atom. The number of fused-ring (bicyclic) bond motifs is 1. The highest BCUT2D eigenvalue weighted by Crippen LogP contribution is 2.35. The molecule has 1 heterocycles. The number of carboxylic acid groups (broad SMARTS) is 1. The van der Waals surface area contributed by atoms with Crippen molar-refractivity contribution in [3.05, 3.63) is 93.9 Å².